The lowest BCUT2D eigenvalue weighted by atomic mass is 9.86. The number of anilines is 1. The maximum atomic E-state index is 5.96. The van der Waals surface area contributed by atoms with Crippen molar-refractivity contribution < 1.29 is 4.74 Å². The first-order valence-electron chi connectivity index (χ1n) is 6.82. The van der Waals surface area contributed by atoms with Crippen molar-refractivity contribution in [2.45, 2.75) is 40.2 Å². The fourth-order valence-corrected chi connectivity index (χ4v) is 2.77. The van der Waals surface area contributed by atoms with E-state index in [1.807, 2.05) is 6.92 Å². The number of hydrogen-bond acceptors (Lipinski definition) is 5. The molecule has 2 heterocycles. The predicted octanol–water partition coefficient (Wildman–Crippen LogP) is 2.79. The van der Waals surface area contributed by atoms with E-state index in [2.05, 4.69) is 40.6 Å². The molecule has 106 valence electrons. The highest BCUT2D eigenvalue weighted by Gasteiger charge is 2.31. The van der Waals surface area contributed by atoms with Crippen LogP contribution in [0.5, 0.6) is 6.01 Å². The van der Waals surface area contributed by atoms with E-state index in [-0.39, 0.29) is 5.28 Å². The van der Waals surface area contributed by atoms with Gasteiger partial charge in [0.05, 0.1) is 6.61 Å². The topological polar surface area (TPSA) is 51.1 Å². The standard InChI is InChI=1S/C13H21ClN4O/c1-5-19-13-16-11(14)15-12(17-13)18-7-8(2)6-9(3)10(18)4/h8-10H,5-7H2,1-4H3. The summed E-state index contributed by atoms with van der Waals surface area (Å²) >= 11 is 5.96. The molecule has 0 N–H and O–H groups in total. The van der Waals surface area contributed by atoms with Crippen LogP contribution >= 0.6 is 11.6 Å². The molecule has 2 rings (SSSR count). The van der Waals surface area contributed by atoms with Crippen LogP contribution in [0.2, 0.25) is 5.28 Å². The Hall–Kier alpha value is -1.10. The fourth-order valence-electron chi connectivity index (χ4n) is 2.62. The molecular formula is C13H21ClN4O. The third-order valence-electron chi connectivity index (χ3n) is 3.70. The van der Waals surface area contributed by atoms with Crippen molar-refractivity contribution in [3.63, 3.8) is 0 Å². The second-order valence-corrected chi connectivity index (χ2v) is 5.67. The molecule has 1 aromatic rings. The molecule has 0 saturated carbocycles. The van der Waals surface area contributed by atoms with E-state index < -0.39 is 0 Å². The van der Waals surface area contributed by atoms with Gasteiger partial charge in [-0.3, -0.25) is 0 Å². The number of nitrogens with zero attached hydrogens (tertiary/aromatic N) is 4. The number of halogens is 1. The Morgan fingerprint density at radius 3 is 2.68 bits per heavy atom. The van der Waals surface area contributed by atoms with E-state index in [0.717, 1.165) is 6.54 Å². The Balaban J connectivity index is 2.28. The van der Waals surface area contributed by atoms with E-state index in [0.29, 0.717) is 36.4 Å². The molecule has 5 nitrogen and oxygen atoms in total. The lowest BCUT2D eigenvalue weighted by molar-refractivity contribution is 0.288. The first-order valence-corrected chi connectivity index (χ1v) is 7.20. The van der Waals surface area contributed by atoms with E-state index in [1.165, 1.54) is 6.42 Å². The molecule has 1 saturated heterocycles. The predicted molar refractivity (Wildman–Crippen MR) is 75.8 cm³/mol. The minimum absolute atomic E-state index is 0.187. The quantitative estimate of drug-likeness (QED) is 0.854. The second-order valence-electron chi connectivity index (χ2n) is 5.33. The largest absolute Gasteiger partial charge is 0.464 e. The highest BCUT2D eigenvalue weighted by molar-refractivity contribution is 6.28. The van der Waals surface area contributed by atoms with Gasteiger partial charge in [-0.2, -0.15) is 15.0 Å². The van der Waals surface area contributed by atoms with E-state index in [9.17, 15) is 0 Å². The summed E-state index contributed by atoms with van der Waals surface area (Å²) < 4.78 is 5.33. The SMILES string of the molecule is CCOc1nc(Cl)nc(N2CC(C)CC(C)C2C)n1. The summed E-state index contributed by atoms with van der Waals surface area (Å²) in [5.41, 5.74) is 0. The molecule has 19 heavy (non-hydrogen) atoms. The molecule has 3 atom stereocenters. The highest BCUT2D eigenvalue weighted by atomic mass is 35.5. The molecule has 0 aromatic carbocycles. The van der Waals surface area contributed by atoms with Gasteiger partial charge in [-0.15, -0.1) is 0 Å². The second kappa shape index (κ2) is 5.90. The number of piperidine rings is 1. The summed E-state index contributed by atoms with van der Waals surface area (Å²) in [5.74, 6) is 1.85. The summed E-state index contributed by atoms with van der Waals surface area (Å²) in [7, 11) is 0. The molecule has 0 bridgehead atoms. The zero-order chi connectivity index (χ0) is 14.0. The number of hydrogen-bond donors (Lipinski definition) is 0. The zero-order valence-corrected chi connectivity index (χ0v) is 12.7. The summed E-state index contributed by atoms with van der Waals surface area (Å²) in [4.78, 5) is 14.8. The molecule has 1 fully saturated rings. The van der Waals surface area contributed by atoms with Gasteiger partial charge < -0.3 is 9.64 Å². The Morgan fingerprint density at radius 1 is 1.26 bits per heavy atom. The van der Waals surface area contributed by atoms with E-state index >= 15 is 0 Å². The van der Waals surface area contributed by atoms with Crippen LogP contribution in [0.3, 0.4) is 0 Å². The lowest BCUT2D eigenvalue weighted by Gasteiger charge is -2.41. The van der Waals surface area contributed by atoms with Gasteiger partial charge in [0.15, 0.2) is 0 Å². The van der Waals surface area contributed by atoms with Crippen LogP contribution in [0, 0.1) is 11.8 Å². The van der Waals surface area contributed by atoms with Crippen molar-refractivity contribution >= 4 is 17.5 Å². The van der Waals surface area contributed by atoms with E-state index in [4.69, 9.17) is 16.3 Å². The van der Waals surface area contributed by atoms with Crippen molar-refractivity contribution in [2.24, 2.45) is 11.8 Å². The number of ether oxygens (including phenoxy) is 1. The minimum Gasteiger partial charge on any atom is -0.464 e. The Kier molecular flexibility index (Phi) is 4.45. The van der Waals surface area contributed by atoms with Gasteiger partial charge in [-0.25, -0.2) is 0 Å². The molecule has 6 heteroatoms. The van der Waals surface area contributed by atoms with Crippen molar-refractivity contribution in [3.05, 3.63) is 5.28 Å². The molecular weight excluding hydrogens is 264 g/mol. The Bertz CT molecular complexity index is 443. The lowest BCUT2D eigenvalue weighted by Crippen LogP contribution is -2.46. The molecule has 0 spiro atoms. The molecule has 0 aliphatic carbocycles. The Morgan fingerprint density at radius 2 is 2.00 bits per heavy atom. The van der Waals surface area contributed by atoms with Crippen LogP contribution in [0.15, 0.2) is 0 Å². The van der Waals surface area contributed by atoms with Crippen molar-refractivity contribution in [1.29, 1.82) is 0 Å². The van der Waals surface area contributed by atoms with Crippen LogP contribution in [-0.4, -0.2) is 34.1 Å². The third kappa shape index (κ3) is 3.26. The summed E-state index contributed by atoms with van der Waals surface area (Å²) in [6, 6.07) is 0.694. The molecule has 1 aliphatic rings. The van der Waals surface area contributed by atoms with Crippen LogP contribution in [-0.2, 0) is 0 Å². The first-order chi connectivity index (χ1) is 9.01. The number of rotatable bonds is 3. The zero-order valence-electron chi connectivity index (χ0n) is 11.9. The average Bonchev–Trinajstić information content (AvgIpc) is 2.33. The van der Waals surface area contributed by atoms with Crippen LogP contribution in [0.25, 0.3) is 0 Å². The normalized spacial score (nSPS) is 27.4. The molecule has 0 radical (unpaired) electrons. The van der Waals surface area contributed by atoms with Gasteiger partial charge in [0, 0.05) is 12.6 Å². The third-order valence-corrected chi connectivity index (χ3v) is 3.87. The first kappa shape index (κ1) is 14.3. The monoisotopic (exact) mass is 284 g/mol. The van der Waals surface area contributed by atoms with Gasteiger partial charge in [0.25, 0.3) is 0 Å². The molecule has 3 unspecified atom stereocenters. The van der Waals surface area contributed by atoms with Crippen LogP contribution in [0.1, 0.15) is 34.1 Å². The molecule has 1 aliphatic heterocycles. The Labute approximate surface area is 119 Å². The molecule has 1 aromatic heterocycles. The molecule has 0 amide bonds. The summed E-state index contributed by atoms with van der Waals surface area (Å²) in [6.07, 6.45) is 1.23. The van der Waals surface area contributed by atoms with Gasteiger partial charge in [0.1, 0.15) is 0 Å². The maximum Gasteiger partial charge on any atom is 0.322 e. The van der Waals surface area contributed by atoms with Crippen molar-refractivity contribution in [1.82, 2.24) is 15.0 Å². The van der Waals surface area contributed by atoms with Crippen LogP contribution in [0.4, 0.5) is 5.95 Å². The van der Waals surface area contributed by atoms with Gasteiger partial charge >= 0.3 is 6.01 Å². The van der Waals surface area contributed by atoms with Crippen LogP contribution < -0.4 is 9.64 Å². The minimum atomic E-state index is 0.187. The average molecular weight is 285 g/mol. The van der Waals surface area contributed by atoms with Crippen molar-refractivity contribution in [3.8, 4) is 6.01 Å². The maximum absolute atomic E-state index is 5.96. The van der Waals surface area contributed by atoms with Gasteiger partial charge in [-0.05, 0) is 43.7 Å². The van der Waals surface area contributed by atoms with Gasteiger partial charge in [0.2, 0.25) is 11.2 Å². The van der Waals surface area contributed by atoms with Gasteiger partial charge in [-0.1, -0.05) is 13.8 Å². The fraction of sp³-hybridized carbons (Fsp3) is 0.769. The number of aromatic nitrogens is 3. The smallest absolute Gasteiger partial charge is 0.322 e. The summed E-state index contributed by atoms with van der Waals surface area (Å²) in [6.45, 7) is 10.1. The van der Waals surface area contributed by atoms with E-state index in [1.54, 1.807) is 0 Å². The highest BCUT2D eigenvalue weighted by Crippen LogP contribution is 2.30. The van der Waals surface area contributed by atoms with Crippen molar-refractivity contribution in [2.75, 3.05) is 18.1 Å². The summed E-state index contributed by atoms with van der Waals surface area (Å²) in [5, 5.41) is 0.187.